The fourth-order valence-corrected chi connectivity index (χ4v) is 4.09. The molecule has 2 aromatic carbocycles. The number of aryl methyl sites for hydroxylation is 1. The van der Waals surface area contributed by atoms with Gasteiger partial charge in [0, 0.05) is 35.7 Å². The molecule has 3 N–H and O–H groups in total. The van der Waals surface area contributed by atoms with E-state index in [0.29, 0.717) is 24.3 Å². The zero-order chi connectivity index (χ0) is 22.7. The molecular weight excluding hydrogens is 394 g/mol. The number of benzene rings is 2. The van der Waals surface area contributed by atoms with Gasteiger partial charge in [0.05, 0.1) is 6.10 Å². The number of likely N-dealkylation sites (tertiary alicyclic amines) is 1. The van der Waals surface area contributed by atoms with Gasteiger partial charge in [0.15, 0.2) is 5.43 Å². The number of hydrogen-bond acceptors (Lipinski definition) is 6. The standard InChI is InChI=1S/C22H23NO5.C3H8/c1-12-5-3-4-6-13(12)19-10-17(26)21-16(25)9-15(24)20(22(21)28-19)14-7-8-23(2)11-18(14)27;1-3-2/h3-6,9-10,14,18,24-25,27H,7-8,11H2,1-2H3;3H2,1-2H3/t14-,18+;/m0./s1. The number of hydrogen-bond donors (Lipinski definition) is 3. The molecule has 2 atom stereocenters. The summed E-state index contributed by atoms with van der Waals surface area (Å²) >= 11 is 0. The number of likely N-dealkylation sites (N-methyl/N-ethyl adjacent to an activating group) is 1. The molecule has 6 nitrogen and oxygen atoms in total. The van der Waals surface area contributed by atoms with Crippen molar-refractivity contribution in [1.29, 1.82) is 0 Å². The Hall–Kier alpha value is -2.83. The summed E-state index contributed by atoms with van der Waals surface area (Å²) in [5.41, 5.74) is 1.83. The number of aromatic hydroxyl groups is 2. The van der Waals surface area contributed by atoms with Crippen molar-refractivity contribution in [2.45, 2.75) is 45.6 Å². The minimum atomic E-state index is -0.718. The van der Waals surface area contributed by atoms with Crippen LogP contribution in [-0.2, 0) is 0 Å². The Morgan fingerprint density at radius 2 is 1.81 bits per heavy atom. The van der Waals surface area contributed by atoms with Gasteiger partial charge in [0.2, 0.25) is 0 Å². The second kappa shape index (κ2) is 9.54. The molecule has 0 saturated carbocycles. The normalized spacial score (nSPS) is 19.1. The summed E-state index contributed by atoms with van der Waals surface area (Å²) in [5.74, 6) is -0.536. The van der Waals surface area contributed by atoms with Crippen LogP contribution in [0.3, 0.4) is 0 Å². The van der Waals surface area contributed by atoms with Gasteiger partial charge in [0.1, 0.15) is 28.2 Å². The van der Waals surface area contributed by atoms with Gasteiger partial charge in [-0.3, -0.25) is 4.79 Å². The Morgan fingerprint density at radius 1 is 1.13 bits per heavy atom. The first kappa shape index (κ1) is 22.8. The van der Waals surface area contributed by atoms with Gasteiger partial charge in [-0.2, -0.15) is 0 Å². The number of rotatable bonds is 2. The predicted octanol–water partition coefficient (Wildman–Crippen LogP) is 4.38. The number of piperidine rings is 1. The van der Waals surface area contributed by atoms with Crippen molar-refractivity contribution in [3.8, 4) is 22.8 Å². The summed E-state index contributed by atoms with van der Waals surface area (Å²) in [5, 5.41) is 31.5. The summed E-state index contributed by atoms with van der Waals surface area (Å²) in [7, 11) is 1.92. The molecule has 1 aromatic heterocycles. The van der Waals surface area contributed by atoms with E-state index in [-0.39, 0.29) is 27.9 Å². The first-order chi connectivity index (χ1) is 14.8. The van der Waals surface area contributed by atoms with E-state index in [9.17, 15) is 20.1 Å². The summed E-state index contributed by atoms with van der Waals surface area (Å²) in [6.45, 7) is 7.36. The lowest BCUT2D eigenvalue weighted by molar-refractivity contribution is 0.0630. The lowest BCUT2D eigenvalue weighted by Crippen LogP contribution is -2.40. The van der Waals surface area contributed by atoms with E-state index in [1.165, 1.54) is 12.5 Å². The Bertz CT molecular complexity index is 1120. The fourth-order valence-electron chi connectivity index (χ4n) is 4.09. The van der Waals surface area contributed by atoms with Gasteiger partial charge >= 0.3 is 0 Å². The summed E-state index contributed by atoms with van der Waals surface area (Å²) < 4.78 is 6.09. The van der Waals surface area contributed by atoms with Crippen LogP contribution in [0.5, 0.6) is 11.5 Å². The smallest absolute Gasteiger partial charge is 0.197 e. The number of phenolic OH excluding ortho intramolecular Hbond substituents is 2. The first-order valence-corrected chi connectivity index (χ1v) is 10.7. The monoisotopic (exact) mass is 425 g/mol. The third-order valence-corrected chi connectivity index (χ3v) is 5.56. The third kappa shape index (κ3) is 4.60. The molecule has 0 bridgehead atoms. The van der Waals surface area contributed by atoms with Crippen LogP contribution in [0.2, 0.25) is 0 Å². The molecule has 0 amide bonds. The van der Waals surface area contributed by atoms with Crippen LogP contribution in [0.4, 0.5) is 0 Å². The zero-order valence-corrected chi connectivity index (χ0v) is 18.6. The van der Waals surface area contributed by atoms with Gasteiger partial charge in [-0.1, -0.05) is 44.5 Å². The largest absolute Gasteiger partial charge is 0.507 e. The highest BCUT2D eigenvalue weighted by Crippen LogP contribution is 2.42. The lowest BCUT2D eigenvalue weighted by atomic mass is 9.85. The molecule has 1 saturated heterocycles. The van der Waals surface area contributed by atoms with E-state index in [1.807, 2.05) is 43.1 Å². The molecule has 1 aliphatic heterocycles. The molecule has 2 heterocycles. The van der Waals surface area contributed by atoms with E-state index in [0.717, 1.165) is 23.7 Å². The summed E-state index contributed by atoms with van der Waals surface area (Å²) in [4.78, 5) is 14.8. The fraction of sp³-hybridized carbons (Fsp3) is 0.400. The van der Waals surface area contributed by atoms with Crippen LogP contribution in [-0.4, -0.2) is 46.5 Å². The molecule has 1 aliphatic rings. The Morgan fingerprint density at radius 3 is 2.45 bits per heavy atom. The van der Waals surface area contributed by atoms with Crippen LogP contribution >= 0.6 is 0 Å². The van der Waals surface area contributed by atoms with Crippen molar-refractivity contribution in [3.63, 3.8) is 0 Å². The van der Waals surface area contributed by atoms with Gasteiger partial charge in [-0.05, 0) is 32.5 Å². The maximum absolute atomic E-state index is 12.8. The van der Waals surface area contributed by atoms with E-state index >= 15 is 0 Å². The molecule has 0 radical (unpaired) electrons. The summed E-state index contributed by atoms with van der Waals surface area (Å²) in [6.07, 6.45) is 1.13. The molecule has 31 heavy (non-hydrogen) atoms. The van der Waals surface area contributed by atoms with Gasteiger partial charge in [-0.15, -0.1) is 0 Å². The van der Waals surface area contributed by atoms with Gasteiger partial charge < -0.3 is 24.6 Å². The number of aliphatic hydroxyl groups excluding tert-OH is 1. The van der Waals surface area contributed by atoms with Crippen molar-refractivity contribution in [1.82, 2.24) is 4.90 Å². The lowest BCUT2D eigenvalue weighted by Gasteiger charge is -2.34. The second-order valence-corrected chi connectivity index (χ2v) is 8.25. The number of aliphatic hydroxyl groups is 1. The number of β-amino-alcohol motifs (C(OH)–C–C–N with tert-alkyl or cyclic N) is 1. The Balaban J connectivity index is 0.000000858. The Labute approximate surface area is 182 Å². The summed E-state index contributed by atoms with van der Waals surface area (Å²) in [6, 6.07) is 10.0. The molecule has 166 valence electrons. The van der Waals surface area contributed by atoms with Crippen LogP contribution in [0.1, 0.15) is 43.7 Å². The highest BCUT2D eigenvalue weighted by molar-refractivity contribution is 5.89. The van der Waals surface area contributed by atoms with Crippen LogP contribution in [0.15, 0.2) is 45.6 Å². The molecule has 0 unspecified atom stereocenters. The van der Waals surface area contributed by atoms with E-state index < -0.39 is 12.0 Å². The number of nitrogens with zero attached hydrogens (tertiary/aromatic N) is 1. The molecule has 6 heteroatoms. The van der Waals surface area contributed by atoms with E-state index in [4.69, 9.17) is 4.42 Å². The van der Waals surface area contributed by atoms with Gasteiger partial charge in [0.25, 0.3) is 0 Å². The zero-order valence-electron chi connectivity index (χ0n) is 18.6. The van der Waals surface area contributed by atoms with Crippen LogP contribution in [0.25, 0.3) is 22.3 Å². The molecule has 4 rings (SSSR count). The van der Waals surface area contributed by atoms with Crippen molar-refractivity contribution in [3.05, 3.63) is 57.7 Å². The van der Waals surface area contributed by atoms with Crippen molar-refractivity contribution in [2.75, 3.05) is 20.1 Å². The highest BCUT2D eigenvalue weighted by atomic mass is 16.3. The molecular formula is C25H31NO5. The Kier molecular flexibility index (Phi) is 7.03. The second-order valence-electron chi connectivity index (χ2n) is 8.25. The van der Waals surface area contributed by atoms with Crippen molar-refractivity contribution in [2.24, 2.45) is 0 Å². The van der Waals surface area contributed by atoms with Crippen molar-refractivity contribution >= 4 is 11.0 Å². The van der Waals surface area contributed by atoms with E-state index in [2.05, 4.69) is 13.8 Å². The molecule has 0 aliphatic carbocycles. The van der Waals surface area contributed by atoms with Crippen LogP contribution < -0.4 is 5.43 Å². The average molecular weight is 426 g/mol. The SMILES string of the molecule is CCC.Cc1ccccc1-c1cc(=O)c2c(O)cc(O)c([C@H]3CCN(C)C[C@H]3O)c2o1. The molecule has 1 fully saturated rings. The maximum Gasteiger partial charge on any atom is 0.197 e. The third-order valence-electron chi connectivity index (χ3n) is 5.56. The topological polar surface area (TPSA) is 94.1 Å². The minimum Gasteiger partial charge on any atom is -0.507 e. The predicted molar refractivity (Wildman–Crippen MR) is 123 cm³/mol. The average Bonchev–Trinajstić information content (AvgIpc) is 2.69. The quantitative estimate of drug-likeness (QED) is 0.564. The molecule has 3 aromatic rings. The number of fused-ring (bicyclic) bond motifs is 1. The molecule has 0 spiro atoms. The number of phenols is 2. The first-order valence-electron chi connectivity index (χ1n) is 10.7. The highest BCUT2D eigenvalue weighted by Gasteiger charge is 2.33. The van der Waals surface area contributed by atoms with Crippen molar-refractivity contribution < 1.29 is 19.7 Å². The minimum absolute atomic E-state index is 0.0243. The van der Waals surface area contributed by atoms with Crippen LogP contribution in [0, 0.1) is 6.92 Å². The maximum atomic E-state index is 12.8. The van der Waals surface area contributed by atoms with E-state index in [1.54, 1.807) is 0 Å². The van der Waals surface area contributed by atoms with Gasteiger partial charge in [-0.25, -0.2) is 0 Å².